The van der Waals surface area contributed by atoms with Gasteiger partial charge in [0.1, 0.15) is 0 Å². The highest BCUT2D eigenvalue weighted by Gasteiger charge is 2.14. The van der Waals surface area contributed by atoms with Gasteiger partial charge in [0.2, 0.25) is 0 Å². The lowest BCUT2D eigenvalue weighted by molar-refractivity contribution is 0.0955. The SMILES string of the molecule is CC(C)NC(=O)Nc1cccc(C(=O)Nc2ccccc2C(=O)NCCN)c1.Cl. The van der Waals surface area contributed by atoms with E-state index in [0.717, 1.165) is 0 Å². The van der Waals surface area contributed by atoms with Gasteiger partial charge in [-0.15, -0.1) is 12.4 Å². The summed E-state index contributed by atoms with van der Waals surface area (Å²) in [4.78, 5) is 36.7. The van der Waals surface area contributed by atoms with Crippen molar-refractivity contribution in [2.24, 2.45) is 5.73 Å². The van der Waals surface area contributed by atoms with Crippen LogP contribution in [0.15, 0.2) is 48.5 Å². The number of rotatable bonds is 7. The van der Waals surface area contributed by atoms with Gasteiger partial charge in [0.05, 0.1) is 11.3 Å². The van der Waals surface area contributed by atoms with Crippen LogP contribution in [0.4, 0.5) is 16.2 Å². The number of nitrogens with two attached hydrogens (primary N) is 1. The molecule has 9 heteroatoms. The third-order valence-electron chi connectivity index (χ3n) is 3.65. The minimum atomic E-state index is -0.396. The molecule has 0 radical (unpaired) electrons. The molecule has 4 amide bonds. The molecule has 8 nitrogen and oxygen atoms in total. The number of halogens is 1. The van der Waals surface area contributed by atoms with E-state index in [-0.39, 0.29) is 30.4 Å². The molecule has 156 valence electrons. The molecular weight excluding hydrogens is 394 g/mol. The molecule has 0 unspecified atom stereocenters. The second-order valence-electron chi connectivity index (χ2n) is 6.38. The third-order valence-corrected chi connectivity index (χ3v) is 3.65. The number of nitrogens with one attached hydrogen (secondary N) is 4. The van der Waals surface area contributed by atoms with Crippen LogP contribution >= 0.6 is 12.4 Å². The Bertz CT molecular complexity index is 858. The second kappa shape index (κ2) is 11.7. The van der Waals surface area contributed by atoms with Gasteiger partial charge >= 0.3 is 6.03 Å². The van der Waals surface area contributed by atoms with E-state index in [4.69, 9.17) is 5.73 Å². The molecule has 0 saturated heterocycles. The molecule has 0 heterocycles. The fourth-order valence-corrected chi connectivity index (χ4v) is 2.43. The first kappa shape index (κ1) is 23.9. The lowest BCUT2D eigenvalue weighted by atomic mass is 10.1. The molecular formula is C20H26ClN5O3. The van der Waals surface area contributed by atoms with E-state index in [1.807, 2.05) is 13.8 Å². The largest absolute Gasteiger partial charge is 0.351 e. The second-order valence-corrected chi connectivity index (χ2v) is 6.38. The number of carbonyl (C=O) groups is 3. The van der Waals surface area contributed by atoms with E-state index in [1.165, 1.54) is 0 Å². The molecule has 29 heavy (non-hydrogen) atoms. The highest BCUT2D eigenvalue weighted by molar-refractivity contribution is 6.09. The Labute approximate surface area is 176 Å². The minimum absolute atomic E-state index is 0. The quantitative estimate of drug-likeness (QED) is 0.472. The summed E-state index contributed by atoms with van der Waals surface area (Å²) in [6.45, 7) is 4.37. The van der Waals surface area contributed by atoms with Gasteiger partial charge in [-0.25, -0.2) is 4.79 Å². The van der Waals surface area contributed by atoms with Gasteiger partial charge in [0.15, 0.2) is 0 Å². The van der Waals surface area contributed by atoms with Crippen molar-refractivity contribution in [1.29, 1.82) is 0 Å². The van der Waals surface area contributed by atoms with Crippen LogP contribution in [-0.4, -0.2) is 37.0 Å². The van der Waals surface area contributed by atoms with Crippen LogP contribution in [0, 0.1) is 0 Å². The third kappa shape index (κ3) is 7.44. The van der Waals surface area contributed by atoms with E-state index in [2.05, 4.69) is 21.3 Å². The van der Waals surface area contributed by atoms with Crippen LogP contribution in [0.2, 0.25) is 0 Å². The maximum Gasteiger partial charge on any atom is 0.319 e. The van der Waals surface area contributed by atoms with Crippen molar-refractivity contribution < 1.29 is 14.4 Å². The van der Waals surface area contributed by atoms with Crippen molar-refractivity contribution in [1.82, 2.24) is 10.6 Å². The maximum absolute atomic E-state index is 12.6. The molecule has 0 aliphatic heterocycles. The molecule has 0 fully saturated rings. The van der Waals surface area contributed by atoms with Crippen LogP contribution in [0.1, 0.15) is 34.6 Å². The molecule has 2 rings (SSSR count). The van der Waals surface area contributed by atoms with Gasteiger partial charge in [0, 0.05) is 30.4 Å². The summed E-state index contributed by atoms with van der Waals surface area (Å²) in [7, 11) is 0. The Morgan fingerprint density at radius 1 is 0.966 bits per heavy atom. The number of carbonyl (C=O) groups excluding carboxylic acids is 3. The monoisotopic (exact) mass is 419 g/mol. The van der Waals surface area contributed by atoms with E-state index in [9.17, 15) is 14.4 Å². The maximum atomic E-state index is 12.6. The molecule has 0 aliphatic rings. The van der Waals surface area contributed by atoms with Crippen molar-refractivity contribution in [3.63, 3.8) is 0 Å². The van der Waals surface area contributed by atoms with Gasteiger partial charge in [-0.05, 0) is 44.2 Å². The lowest BCUT2D eigenvalue weighted by Gasteiger charge is -2.13. The Balaban J connectivity index is 0.00000420. The number of hydrogen-bond acceptors (Lipinski definition) is 4. The Hall–Kier alpha value is -3.10. The van der Waals surface area contributed by atoms with Crippen LogP contribution in [-0.2, 0) is 0 Å². The fraction of sp³-hybridized carbons (Fsp3) is 0.250. The van der Waals surface area contributed by atoms with E-state index in [0.29, 0.717) is 35.6 Å². The number of hydrogen-bond donors (Lipinski definition) is 5. The Morgan fingerprint density at radius 3 is 2.38 bits per heavy atom. The molecule has 2 aromatic carbocycles. The Kier molecular flexibility index (Phi) is 9.64. The van der Waals surface area contributed by atoms with Gasteiger partial charge in [-0.1, -0.05) is 18.2 Å². The van der Waals surface area contributed by atoms with Crippen LogP contribution in [0.3, 0.4) is 0 Å². The summed E-state index contributed by atoms with van der Waals surface area (Å²) in [6.07, 6.45) is 0. The molecule has 0 aliphatic carbocycles. The van der Waals surface area contributed by atoms with Gasteiger partial charge in [0.25, 0.3) is 11.8 Å². The summed E-state index contributed by atoms with van der Waals surface area (Å²) < 4.78 is 0. The summed E-state index contributed by atoms with van der Waals surface area (Å²) in [5.41, 5.74) is 6.97. The zero-order valence-corrected chi connectivity index (χ0v) is 17.1. The first-order valence-electron chi connectivity index (χ1n) is 8.97. The van der Waals surface area contributed by atoms with E-state index >= 15 is 0 Å². The van der Waals surface area contributed by atoms with E-state index in [1.54, 1.807) is 48.5 Å². The van der Waals surface area contributed by atoms with Crippen LogP contribution < -0.4 is 27.0 Å². The standard InChI is InChI=1S/C20H25N5O3.ClH/c1-13(2)23-20(28)24-15-7-5-6-14(12-15)18(26)25-17-9-4-3-8-16(17)19(27)22-11-10-21;/h3-9,12-13H,10-11,21H2,1-2H3,(H,22,27)(H,25,26)(H2,23,24,28);1H. The van der Waals surface area contributed by atoms with Crippen molar-refractivity contribution in [2.45, 2.75) is 19.9 Å². The number of para-hydroxylation sites is 1. The molecule has 0 bridgehead atoms. The number of anilines is 2. The van der Waals surface area contributed by atoms with Gasteiger partial charge in [-0.2, -0.15) is 0 Å². The van der Waals surface area contributed by atoms with Gasteiger partial charge < -0.3 is 27.0 Å². The number of benzene rings is 2. The molecule has 6 N–H and O–H groups in total. The Morgan fingerprint density at radius 2 is 1.69 bits per heavy atom. The number of amides is 4. The summed E-state index contributed by atoms with van der Waals surface area (Å²) >= 11 is 0. The zero-order valence-electron chi connectivity index (χ0n) is 16.3. The van der Waals surface area contributed by atoms with Crippen molar-refractivity contribution in [3.8, 4) is 0 Å². The highest BCUT2D eigenvalue weighted by atomic mass is 35.5. The first-order chi connectivity index (χ1) is 13.4. The molecule has 0 saturated carbocycles. The minimum Gasteiger partial charge on any atom is -0.351 e. The molecule has 0 spiro atoms. The van der Waals surface area contributed by atoms with Crippen molar-refractivity contribution in [3.05, 3.63) is 59.7 Å². The smallest absolute Gasteiger partial charge is 0.319 e. The average molecular weight is 420 g/mol. The van der Waals surface area contributed by atoms with Gasteiger partial charge in [-0.3, -0.25) is 9.59 Å². The predicted molar refractivity (Wildman–Crippen MR) is 117 cm³/mol. The molecule has 0 atom stereocenters. The summed E-state index contributed by atoms with van der Waals surface area (Å²) in [5.74, 6) is -0.714. The summed E-state index contributed by atoms with van der Waals surface area (Å²) in [5, 5.41) is 10.8. The average Bonchev–Trinajstić information content (AvgIpc) is 2.66. The lowest BCUT2D eigenvalue weighted by Crippen LogP contribution is -2.34. The first-order valence-corrected chi connectivity index (χ1v) is 8.97. The fourth-order valence-electron chi connectivity index (χ4n) is 2.43. The predicted octanol–water partition coefficient (Wildman–Crippen LogP) is 2.58. The van der Waals surface area contributed by atoms with Crippen LogP contribution in [0.5, 0.6) is 0 Å². The molecule has 2 aromatic rings. The van der Waals surface area contributed by atoms with Crippen molar-refractivity contribution >= 4 is 41.6 Å². The zero-order chi connectivity index (χ0) is 20.5. The highest BCUT2D eigenvalue weighted by Crippen LogP contribution is 2.17. The van der Waals surface area contributed by atoms with Crippen LogP contribution in [0.25, 0.3) is 0 Å². The molecule has 0 aromatic heterocycles. The van der Waals surface area contributed by atoms with Crippen molar-refractivity contribution in [2.75, 3.05) is 23.7 Å². The topological polar surface area (TPSA) is 125 Å². The summed E-state index contributed by atoms with van der Waals surface area (Å²) in [6, 6.07) is 12.9. The number of urea groups is 1. The van der Waals surface area contributed by atoms with E-state index < -0.39 is 5.91 Å². The normalized spacial score (nSPS) is 9.93.